The van der Waals surface area contributed by atoms with Crippen LogP contribution >= 0.6 is 22.6 Å². The maximum Gasteiger partial charge on any atom is 0.0994 e. The Bertz CT molecular complexity index is 347. The van der Waals surface area contributed by atoms with Crippen molar-refractivity contribution < 1.29 is 0 Å². The van der Waals surface area contributed by atoms with E-state index in [2.05, 4.69) is 34.7 Å². The zero-order valence-electron chi connectivity index (χ0n) is 6.55. The van der Waals surface area contributed by atoms with E-state index in [1.807, 2.05) is 12.1 Å². The number of rotatable bonds is 1. The van der Waals surface area contributed by atoms with Crippen LogP contribution in [0, 0.1) is 14.9 Å². The summed E-state index contributed by atoms with van der Waals surface area (Å²) in [4.78, 5) is 0. The Morgan fingerprint density at radius 1 is 1.42 bits per heavy atom. The summed E-state index contributed by atoms with van der Waals surface area (Å²) in [5.41, 5.74) is 2.11. The van der Waals surface area contributed by atoms with Gasteiger partial charge in [0.1, 0.15) is 0 Å². The first kappa shape index (κ1) is 8.06. The van der Waals surface area contributed by atoms with Crippen LogP contribution < -0.4 is 0 Å². The van der Waals surface area contributed by atoms with Gasteiger partial charge in [0.2, 0.25) is 0 Å². The molecule has 0 aromatic heterocycles. The highest BCUT2D eigenvalue weighted by molar-refractivity contribution is 14.1. The molecule has 1 aromatic rings. The van der Waals surface area contributed by atoms with Crippen LogP contribution in [0.5, 0.6) is 0 Å². The third-order valence-corrected chi connectivity index (χ3v) is 2.82. The van der Waals surface area contributed by atoms with Gasteiger partial charge in [0.05, 0.1) is 11.6 Å². The molecular weight excluding hydrogens is 261 g/mol. The summed E-state index contributed by atoms with van der Waals surface area (Å²) in [6.45, 7) is 0. The molecule has 1 nitrogen and oxygen atoms in total. The first-order valence-electron chi connectivity index (χ1n) is 4.01. The molecule has 1 aromatic carbocycles. The van der Waals surface area contributed by atoms with E-state index < -0.39 is 0 Å². The van der Waals surface area contributed by atoms with Crippen LogP contribution in [0.4, 0.5) is 0 Å². The predicted molar refractivity (Wildman–Crippen MR) is 55.8 cm³/mol. The average molecular weight is 269 g/mol. The molecule has 0 spiro atoms. The van der Waals surface area contributed by atoms with Gasteiger partial charge in [-0.25, -0.2) is 0 Å². The quantitative estimate of drug-likeness (QED) is 0.719. The van der Waals surface area contributed by atoms with Gasteiger partial charge in [-0.05, 0) is 65.1 Å². The highest BCUT2D eigenvalue weighted by Gasteiger charge is 2.25. The standard InChI is InChI=1S/C10H8IN/c11-9-4-3-8(6-12)10(5-9)7-1-2-7/h3-5,7H,1-2H2. The summed E-state index contributed by atoms with van der Waals surface area (Å²) in [5, 5.41) is 8.83. The predicted octanol–water partition coefficient (Wildman–Crippen LogP) is 3.04. The fraction of sp³-hybridized carbons (Fsp3) is 0.300. The summed E-state index contributed by atoms with van der Waals surface area (Å²) in [6.07, 6.45) is 2.52. The van der Waals surface area contributed by atoms with E-state index in [0.717, 1.165) is 5.56 Å². The average Bonchev–Trinajstić information content (AvgIpc) is 2.87. The highest BCUT2D eigenvalue weighted by Crippen LogP contribution is 2.41. The van der Waals surface area contributed by atoms with Crippen LogP contribution in [-0.2, 0) is 0 Å². The molecular formula is C10H8IN. The summed E-state index contributed by atoms with van der Waals surface area (Å²) < 4.78 is 1.23. The topological polar surface area (TPSA) is 23.8 Å². The van der Waals surface area contributed by atoms with Crippen LogP contribution in [0.3, 0.4) is 0 Å². The lowest BCUT2D eigenvalue weighted by Gasteiger charge is -2.01. The molecule has 60 valence electrons. The molecule has 0 N–H and O–H groups in total. The molecule has 12 heavy (non-hydrogen) atoms. The summed E-state index contributed by atoms with van der Waals surface area (Å²) in [5.74, 6) is 0.675. The van der Waals surface area contributed by atoms with Crippen molar-refractivity contribution in [1.82, 2.24) is 0 Å². The molecule has 0 aliphatic heterocycles. The van der Waals surface area contributed by atoms with E-state index in [0.29, 0.717) is 5.92 Å². The number of nitriles is 1. The molecule has 0 amide bonds. The van der Waals surface area contributed by atoms with E-state index >= 15 is 0 Å². The second-order valence-electron chi connectivity index (χ2n) is 3.12. The van der Waals surface area contributed by atoms with Crippen molar-refractivity contribution in [2.45, 2.75) is 18.8 Å². The molecule has 1 saturated carbocycles. The van der Waals surface area contributed by atoms with Crippen molar-refractivity contribution in [3.63, 3.8) is 0 Å². The fourth-order valence-corrected chi connectivity index (χ4v) is 1.88. The summed E-state index contributed by atoms with van der Waals surface area (Å²) in [6, 6.07) is 8.29. The summed E-state index contributed by atoms with van der Waals surface area (Å²) >= 11 is 2.29. The van der Waals surface area contributed by atoms with Gasteiger partial charge in [-0.1, -0.05) is 0 Å². The zero-order chi connectivity index (χ0) is 8.55. The lowest BCUT2D eigenvalue weighted by Crippen LogP contribution is -1.87. The normalized spacial score (nSPS) is 15.7. The van der Waals surface area contributed by atoms with Crippen LogP contribution in [0.15, 0.2) is 18.2 Å². The number of nitrogens with zero attached hydrogens (tertiary/aromatic N) is 1. The Balaban J connectivity index is 2.48. The molecule has 0 bridgehead atoms. The molecule has 2 rings (SSSR count). The monoisotopic (exact) mass is 269 g/mol. The van der Waals surface area contributed by atoms with Gasteiger partial charge in [-0.3, -0.25) is 0 Å². The van der Waals surface area contributed by atoms with Crippen molar-refractivity contribution in [3.05, 3.63) is 32.9 Å². The van der Waals surface area contributed by atoms with Crippen molar-refractivity contribution in [1.29, 1.82) is 5.26 Å². The largest absolute Gasteiger partial charge is 0.192 e. The Morgan fingerprint density at radius 3 is 2.75 bits per heavy atom. The summed E-state index contributed by atoms with van der Waals surface area (Å²) in [7, 11) is 0. The van der Waals surface area contributed by atoms with Gasteiger partial charge in [0.25, 0.3) is 0 Å². The SMILES string of the molecule is N#Cc1ccc(I)cc1C1CC1. The highest BCUT2D eigenvalue weighted by atomic mass is 127. The maximum atomic E-state index is 8.83. The Labute approximate surface area is 85.5 Å². The number of hydrogen-bond donors (Lipinski definition) is 0. The molecule has 0 unspecified atom stereocenters. The number of halogens is 1. The number of hydrogen-bond acceptors (Lipinski definition) is 1. The van der Waals surface area contributed by atoms with Crippen LogP contribution in [-0.4, -0.2) is 0 Å². The third-order valence-electron chi connectivity index (χ3n) is 2.15. The molecule has 1 aliphatic carbocycles. The van der Waals surface area contributed by atoms with Gasteiger partial charge >= 0.3 is 0 Å². The maximum absolute atomic E-state index is 8.83. The van der Waals surface area contributed by atoms with Crippen molar-refractivity contribution in [2.24, 2.45) is 0 Å². The van der Waals surface area contributed by atoms with E-state index in [1.165, 1.54) is 22.0 Å². The van der Waals surface area contributed by atoms with E-state index in [1.54, 1.807) is 0 Å². The van der Waals surface area contributed by atoms with Crippen LogP contribution in [0.1, 0.15) is 29.9 Å². The first-order valence-corrected chi connectivity index (χ1v) is 5.08. The van der Waals surface area contributed by atoms with Crippen LogP contribution in [0.25, 0.3) is 0 Å². The second kappa shape index (κ2) is 3.06. The van der Waals surface area contributed by atoms with Gasteiger partial charge in [-0.15, -0.1) is 0 Å². The van der Waals surface area contributed by atoms with E-state index in [9.17, 15) is 0 Å². The molecule has 1 fully saturated rings. The van der Waals surface area contributed by atoms with Gasteiger partial charge in [0, 0.05) is 3.57 Å². The minimum absolute atomic E-state index is 0.675. The van der Waals surface area contributed by atoms with Crippen molar-refractivity contribution >= 4 is 22.6 Å². The van der Waals surface area contributed by atoms with E-state index in [4.69, 9.17) is 5.26 Å². The minimum Gasteiger partial charge on any atom is -0.192 e. The molecule has 1 aliphatic rings. The lowest BCUT2D eigenvalue weighted by atomic mass is 10.0. The number of benzene rings is 1. The molecule has 0 heterocycles. The molecule has 2 heteroatoms. The van der Waals surface area contributed by atoms with Gasteiger partial charge < -0.3 is 0 Å². The smallest absolute Gasteiger partial charge is 0.0994 e. The van der Waals surface area contributed by atoms with Crippen molar-refractivity contribution in [2.75, 3.05) is 0 Å². The Morgan fingerprint density at radius 2 is 2.17 bits per heavy atom. The van der Waals surface area contributed by atoms with Gasteiger partial charge in [-0.2, -0.15) is 5.26 Å². The second-order valence-corrected chi connectivity index (χ2v) is 4.36. The Kier molecular flexibility index (Phi) is 2.05. The lowest BCUT2D eigenvalue weighted by molar-refractivity contribution is 1.11. The van der Waals surface area contributed by atoms with Gasteiger partial charge in [0.15, 0.2) is 0 Å². The first-order chi connectivity index (χ1) is 5.81. The molecule has 0 atom stereocenters. The third kappa shape index (κ3) is 1.46. The van der Waals surface area contributed by atoms with Crippen LogP contribution in [0.2, 0.25) is 0 Å². The fourth-order valence-electron chi connectivity index (χ4n) is 1.37. The van der Waals surface area contributed by atoms with Crippen molar-refractivity contribution in [3.8, 4) is 6.07 Å². The minimum atomic E-state index is 0.675. The zero-order valence-corrected chi connectivity index (χ0v) is 8.71. The molecule has 0 radical (unpaired) electrons. The Hall–Kier alpha value is -0.560. The molecule has 0 saturated heterocycles. The van der Waals surface area contributed by atoms with E-state index in [-0.39, 0.29) is 0 Å².